The lowest BCUT2D eigenvalue weighted by Crippen LogP contribution is -2.01. The first kappa shape index (κ1) is 23.6. The van der Waals surface area contributed by atoms with Crippen LogP contribution in [0.4, 0.5) is 0 Å². The van der Waals surface area contributed by atoms with Crippen molar-refractivity contribution in [2.24, 2.45) is 0 Å². The van der Waals surface area contributed by atoms with Gasteiger partial charge < -0.3 is 10.2 Å². The van der Waals surface area contributed by atoms with E-state index in [0.717, 1.165) is 42.7 Å². The molecule has 8 heteroatoms. The Morgan fingerprint density at radius 3 is 1.83 bits per heavy atom. The van der Waals surface area contributed by atoms with Crippen LogP contribution < -0.4 is 0 Å². The molecular weight excluding hydrogens is 492 g/mol. The fourth-order valence-electron chi connectivity index (χ4n) is 3.86. The van der Waals surface area contributed by atoms with Gasteiger partial charge in [0.05, 0.1) is 33.1 Å². The number of nitrogens with zero attached hydrogens (tertiary/aromatic N) is 2. The van der Waals surface area contributed by atoms with E-state index in [2.05, 4.69) is 4.98 Å². The Morgan fingerprint density at radius 1 is 0.694 bits per heavy atom. The number of aliphatic carboxylic acids is 1. The molecule has 0 aliphatic heterocycles. The quantitative estimate of drug-likeness (QED) is 0.246. The van der Waals surface area contributed by atoms with Crippen molar-refractivity contribution in [2.45, 2.75) is 13.3 Å². The second-order valence-electron chi connectivity index (χ2n) is 8.12. The van der Waals surface area contributed by atoms with Crippen LogP contribution in [0.25, 0.3) is 42.0 Å². The lowest BCUT2D eigenvalue weighted by Gasteiger charge is -2.03. The highest BCUT2D eigenvalue weighted by molar-refractivity contribution is 7.19. The third-order valence-corrected chi connectivity index (χ3v) is 8.07. The normalized spacial score (nSPS) is 10.9. The summed E-state index contributed by atoms with van der Waals surface area (Å²) in [5.74, 6) is -1.96. The lowest BCUT2D eigenvalue weighted by atomic mass is 10.1. The predicted octanol–water partition coefficient (Wildman–Crippen LogP) is 6.90. The van der Waals surface area contributed by atoms with Crippen LogP contribution in [0.15, 0.2) is 78.9 Å². The molecule has 3 aromatic carbocycles. The highest BCUT2D eigenvalue weighted by Crippen LogP contribution is 2.39. The van der Waals surface area contributed by atoms with Gasteiger partial charge in [-0.1, -0.05) is 66.7 Å². The number of hydrogen-bond acceptors (Lipinski definition) is 6. The summed E-state index contributed by atoms with van der Waals surface area (Å²) >= 11 is 3.04. The van der Waals surface area contributed by atoms with Crippen molar-refractivity contribution < 1.29 is 19.8 Å². The van der Waals surface area contributed by atoms with Crippen LogP contribution >= 0.6 is 22.7 Å². The van der Waals surface area contributed by atoms with Crippen LogP contribution in [-0.2, 0) is 11.2 Å². The fraction of sp³-hybridized carbons (Fsp3) is 0.0714. The molecule has 178 valence electrons. The highest BCUT2D eigenvalue weighted by atomic mass is 32.1. The Labute approximate surface area is 215 Å². The van der Waals surface area contributed by atoms with Crippen LogP contribution in [0.2, 0.25) is 0 Å². The number of hydrogen-bond donors (Lipinski definition) is 2. The molecular formula is C28H20N2O4S2. The Morgan fingerprint density at radius 2 is 1.22 bits per heavy atom. The number of thiazole rings is 2. The topological polar surface area (TPSA) is 100 Å². The van der Waals surface area contributed by atoms with E-state index >= 15 is 0 Å². The smallest absolute Gasteiger partial charge is 0.335 e. The number of aromatic nitrogens is 2. The Balaban J connectivity index is 1.48. The van der Waals surface area contributed by atoms with Crippen LogP contribution in [0, 0.1) is 6.92 Å². The zero-order valence-corrected chi connectivity index (χ0v) is 20.8. The van der Waals surface area contributed by atoms with Gasteiger partial charge in [0.2, 0.25) is 0 Å². The summed E-state index contributed by atoms with van der Waals surface area (Å²) in [7, 11) is 0. The fourth-order valence-corrected chi connectivity index (χ4v) is 6.03. The van der Waals surface area contributed by atoms with Crippen LogP contribution in [0.1, 0.15) is 21.7 Å². The van der Waals surface area contributed by atoms with Crippen LogP contribution in [0.3, 0.4) is 0 Å². The van der Waals surface area contributed by atoms with Gasteiger partial charge in [-0.15, -0.1) is 22.7 Å². The summed E-state index contributed by atoms with van der Waals surface area (Å²) in [6, 6.07) is 24.5. The third-order valence-electron chi connectivity index (χ3n) is 5.62. The Bertz CT molecular complexity index is 1550. The van der Waals surface area contributed by atoms with Crippen LogP contribution in [0.5, 0.6) is 0 Å². The van der Waals surface area contributed by atoms with Gasteiger partial charge >= 0.3 is 11.9 Å². The average Bonchev–Trinajstić information content (AvgIpc) is 3.48. The molecule has 0 radical (unpaired) electrons. The van der Waals surface area contributed by atoms with Gasteiger partial charge in [0.1, 0.15) is 10.0 Å². The first-order valence-electron chi connectivity index (χ1n) is 11.1. The van der Waals surface area contributed by atoms with E-state index in [1.807, 2.05) is 61.5 Å². The first-order chi connectivity index (χ1) is 17.4. The molecule has 5 aromatic rings. The molecule has 0 spiro atoms. The highest BCUT2D eigenvalue weighted by Gasteiger charge is 2.18. The number of aromatic carboxylic acids is 1. The minimum Gasteiger partial charge on any atom is -0.481 e. The monoisotopic (exact) mass is 512 g/mol. The van der Waals surface area contributed by atoms with Crippen molar-refractivity contribution in [1.82, 2.24) is 9.97 Å². The van der Waals surface area contributed by atoms with E-state index in [9.17, 15) is 14.7 Å². The van der Waals surface area contributed by atoms with E-state index in [0.29, 0.717) is 10.7 Å². The van der Waals surface area contributed by atoms with Crippen molar-refractivity contribution in [1.29, 1.82) is 0 Å². The Kier molecular flexibility index (Phi) is 6.45. The molecule has 0 unspecified atom stereocenters. The predicted molar refractivity (Wildman–Crippen MR) is 143 cm³/mol. The van der Waals surface area contributed by atoms with E-state index in [1.165, 1.54) is 23.5 Å². The van der Waals surface area contributed by atoms with Gasteiger partial charge in [0.25, 0.3) is 0 Å². The maximum atomic E-state index is 11.5. The average molecular weight is 513 g/mol. The molecule has 0 saturated carbocycles. The summed E-state index contributed by atoms with van der Waals surface area (Å²) < 4.78 is 0. The van der Waals surface area contributed by atoms with Crippen molar-refractivity contribution in [3.63, 3.8) is 0 Å². The summed E-state index contributed by atoms with van der Waals surface area (Å²) in [4.78, 5) is 33.9. The van der Waals surface area contributed by atoms with Crippen molar-refractivity contribution in [2.75, 3.05) is 0 Å². The molecule has 2 heterocycles. The van der Waals surface area contributed by atoms with E-state index < -0.39 is 11.9 Å². The van der Waals surface area contributed by atoms with Crippen molar-refractivity contribution in [3.8, 4) is 42.0 Å². The van der Waals surface area contributed by atoms with Crippen molar-refractivity contribution >= 4 is 34.6 Å². The molecule has 0 fully saturated rings. The van der Waals surface area contributed by atoms with E-state index in [-0.39, 0.29) is 12.0 Å². The second-order valence-corrected chi connectivity index (χ2v) is 10.1. The van der Waals surface area contributed by atoms with Gasteiger partial charge in [0.15, 0.2) is 0 Å². The van der Waals surface area contributed by atoms with E-state index in [4.69, 9.17) is 10.1 Å². The minimum absolute atomic E-state index is 0.186. The number of carbonyl (C=O) groups is 2. The molecule has 36 heavy (non-hydrogen) atoms. The maximum absolute atomic E-state index is 11.5. The standard InChI is InChI=1S/C28H20N2O4S2/c1-16-24(35-26(29-16)19-5-3-2-4-6-19)17-7-9-18(10-8-17)25-22(15-23(31)32)30-27(36-25)20-11-13-21(14-12-20)28(33)34/h2-14H,15H2,1H3,(H,31,32)(H,33,34). The first-order valence-corrected chi connectivity index (χ1v) is 12.7. The number of aryl methyl sites for hydroxylation is 1. The zero-order chi connectivity index (χ0) is 25.2. The molecule has 0 bridgehead atoms. The minimum atomic E-state index is -1.000. The van der Waals surface area contributed by atoms with Crippen molar-refractivity contribution in [3.05, 3.63) is 95.8 Å². The maximum Gasteiger partial charge on any atom is 0.335 e. The number of rotatable bonds is 7. The van der Waals surface area contributed by atoms with E-state index in [1.54, 1.807) is 23.5 Å². The molecule has 0 saturated heterocycles. The van der Waals surface area contributed by atoms with Gasteiger partial charge in [-0.3, -0.25) is 4.79 Å². The molecule has 0 atom stereocenters. The molecule has 0 amide bonds. The summed E-state index contributed by atoms with van der Waals surface area (Å²) in [6.45, 7) is 2.00. The van der Waals surface area contributed by atoms with Crippen LogP contribution in [-0.4, -0.2) is 32.1 Å². The molecule has 6 nitrogen and oxygen atoms in total. The zero-order valence-electron chi connectivity index (χ0n) is 19.1. The molecule has 5 rings (SSSR count). The Hall–Kier alpha value is -4.14. The summed E-state index contributed by atoms with van der Waals surface area (Å²) in [5, 5.41) is 20.2. The van der Waals surface area contributed by atoms with Gasteiger partial charge in [0, 0.05) is 11.1 Å². The SMILES string of the molecule is Cc1nc(-c2ccccc2)sc1-c1ccc(-c2sc(-c3ccc(C(=O)O)cc3)nc2CC(=O)O)cc1. The van der Waals surface area contributed by atoms with Gasteiger partial charge in [-0.25, -0.2) is 14.8 Å². The third kappa shape index (κ3) is 4.82. The largest absolute Gasteiger partial charge is 0.481 e. The number of carboxylic acid groups (broad SMARTS) is 2. The van der Waals surface area contributed by atoms with Gasteiger partial charge in [-0.05, 0) is 30.2 Å². The number of carboxylic acids is 2. The molecule has 0 aliphatic rings. The summed E-state index contributed by atoms with van der Waals surface area (Å²) in [5.41, 5.74) is 5.39. The number of benzene rings is 3. The molecule has 2 N–H and O–H groups in total. The lowest BCUT2D eigenvalue weighted by molar-refractivity contribution is -0.136. The molecule has 2 aromatic heterocycles. The van der Waals surface area contributed by atoms with Gasteiger partial charge in [-0.2, -0.15) is 0 Å². The molecule has 0 aliphatic carbocycles. The second kappa shape index (κ2) is 9.85. The summed E-state index contributed by atoms with van der Waals surface area (Å²) in [6.07, 6.45) is -0.199.